The molecule has 0 aromatic heterocycles. The molecule has 1 aliphatic rings. The standard InChI is InChI=1S/C16H13BrN2O2/c1-2-18-13-8-7-10(17)9-14(13)19-15(20)11-5-3-4-6-12(11)16(19)21/h3-9,18H,2H2,1H3. The topological polar surface area (TPSA) is 49.4 Å². The zero-order chi connectivity index (χ0) is 15.0. The van der Waals surface area contributed by atoms with E-state index in [4.69, 9.17) is 0 Å². The fourth-order valence-corrected chi connectivity index (χ4v) is 2.79. The minimum Gasteiger partial charge on any atom is -0.384 e. The van der Waals surface area contributed by atoms with Crippen molar-refractivity contribution < 1.29 is 9.59 Å². The number of anilines is 2. The first-order valence-corrected chi connectivity index (χ1v) is 7.44. The van der Waals surface area contributed by atoms with E-state index in [-0.39, 0.29) is 11.8 Å². The van der Waals surface area contributed by atoms with E-state index in [9.17, 15) is 9.59 Å². The van der Waals surface area contributed by atoms with Gasteiger partial charge in [0.2, 0.25) is 0 Å². The van der Waals surface area contributed by atoms with Crippen LogP contribution < -0.4 is 10.2 Å². The predicted molar refractivity (Wildman–Crippen MR) is 85.9 cm³/mol. The lowest BCUT2D eigenvalue weighted by Crippen LogP contribution is -2.30. The molecular formula is C16H13BrN2O2. The summed E-state index contributed by atoms with van der Waals surface area (Å²) in [4.78, 5) is 26.3. The number of benzene rings is 2. The van der Waals surface area contributed by atoms with Crippen LogP contribution in [-0.2, 0) is 0 Å². The molecule has 0 bridgehead atoms. The Hall–Kier alpha value is -2.14. The molecular weight excluding hydrogens is 332 g/mol. The molecule has 0 aliphatic carbocycles. The number of halogens is 1. The lowest BCUT2D eigenvalue weighted by molar-refractivity contribution is 0.0926. The minimum absolute atomic E-state index is 0.284. The summed E-state index contributed by atoms with van der Waals surface area (Å²) in [6.07, 6.45) is 0. The van der Waals surface area contributed by atoms with Crippen molar-refractivity contribution in [3.8, 4) is 0 Å². The zero-order valence-electron chi connectivity index (χ0n) is 11.4. The molecule has 0 saturated carbocycles. The smallest absolute Gasteiger partial charge is 0.266 e. The first-order valence-electron chi connectivity index (χ1n) is 6.64. The van der Waals surface area contributed by atoms with Gasteiger partial charge < -0.3 is 5.32 Å². The van der Waals surface area contributed by atoms with E-state index in [0.717, 1.165) is 10.2 Å². The van der Waals surface area contributed by atoms with Crippen LogP contribution in [-0.4, -0.2) is 18.4 Å². The summed E-state index contributed by atoms with van der Waals surface area (Å²) in [5.41, 5.74) is 2.22. The number of amides is 2. The van der Waals surface area contributed by atoms with Crippen molar-refractivity contribution in [1.82, 2.24) is 0 Å². The molecule has 0 atom stereocenters. The first kappa shape index (κ1) is 13.8. The maximum absolute atomic E-state index is 12.5. The van der Waals surface area contributed by atoms with E-state index in [1.165, 1.54) is 4.90 Å². The average molecular weight is 345 g/mol. The van der Waals surface area contributed by atoms with Crippen LogP contribution in [0.25, 0.3) is 0 Å². The molecule has 4 nitrogen and oxygen atoms in total. The molecule has 1 aliphatic heterocycles. The molecule has 0 saturated heterocycles. The first-order chi connectivity index (χ1) is 10.1. The lowest BCUT2D eigenvalue weighted by atomic mass is 10.1. The third-order valence-electron chi connectivity index (χ3n) is 3.36. The maximum atomic E-state index is 12.5. The molecule has 0 spiro atoms. The van der Waals surface area contributed by atoms with Crippen LogP contribution in [0.3, 0.4) is 0 Å². The van der Waals surface area contributed by atoms with Crippen LogP contribution >= 0.6 is 15.9 Å². The fraction of sp³-hybridized carbons (Fsp3) is 0.125. The lowest BCUT2D eigenvalue weighted by Gasteiger charge is -2.19. The van der Waals surface area contributed by atoms with Crippen LogP contribution in [0.1, 0.15) is 27.6 Å². The van der Waals surface area contributed by atoms with E-state index < -0.39 is 0 Å². The van der Waals surface area contributed by atoms with Gasteiger partial charge >= 0.3 is 0 Å². The van der Waals surface area contributed by atoms with Crippen LogP contribution in [0.2, 0.25) is 0 Å². The van der Waals surface area contributed by atoms with Gasteiger partial charge in [0.25, 0.3) is 11.8 Å². The number of fused-ring (bicyclic) bond motifs is 1. The molecule has 2 aromatic carbocycles. The van der Waals surface area contributed by atoms with Crippen molar-refractivity contribution in [3.63, 3.8) is 0 Å². The highest BCUT2D eigenvalue weighted by Crippen LogP contribution is 2.35. The van der Waals surface area contributed by atoms with Gasteiger partial charge in [0.05, 0.1) is 22.5 Å². The van der Waals surface area contributed by atoms with Crippen molar-refractivity contribution in [2.24, 2.45) is 0 Å². The Morgan fingerprint density at radius 2 is 1.67 bits per heavy atom. The van der Waals surface area contributed by atoms with Gasteiger partial charge in [0.15, 0.2) is 0 Å². The van der Waals surface area contributed by atoms with E-state index in [0.29, 0.717) is 23.4 Å². The molecule has 0 fully saturated rings. The number of hydrogen-bond acceptors (Lipinski definition) is 3. The Labute approximate surface area is 130 Å². The van der Waals surface area contributed by atoms with Gasteiger partial charge in [-0.3, -0.25) is 9.59 Å². The Bertz CT molecular complexity index is 708. The molecule has 0 radical (unpaired) electrons. The highest BCUT2D eigenvalue weighted by molar-refractivity contribution is 9.10. The Morgan fingerprint density at radius 1 is 1.05 bits per heavy atom. The highest BCUT2D eigenvalue weighted by atomic mass is 79.9. The minimum atomic E-state index is -0.284. The quantitative estimate of drug-likeness (QED) is 0.864. The summed E-state index contributed by atoms with van der Waals surface area (Å²) in [5, 5.41) is 3.18. The summed E-state index contributed by atoms with van der Waals surface area (Å²) in [5.74, 6) is -0.569. The zero-order valence-corrected chi connectivity index (χ0v) is 13.0. The Balaban J connectivity index is 2.13. The van der Waals surface area contributed by atoms with Gasteiger partial charge in [-0.05, 0) is 37.3 Å². The number of nitrogens with zero attached hydrogens (tertiary/aromatic N) is 1. The third-order valence-corrected chi connectivity index (χ3v) is 3.86. The number of rotatable bonds is 3. The fourth-order valence-electron chi connectivity index (χ4n) is 2.44. The summed E-state index contributed by atoms with van der Waals surface area (Å²) in [7, 11) is 0. The maximum Gasteiger partial charge on any atom is 0.266 e. The number of carbonyl (C=O) groups is 2. The SMILES string of the molecule is CCNc1ccc(Br)cc1N1C(=O)c2ccccc2C1=O. The van der Waals surface area contributed by atoms with Gasteiger partial charge in [-0.15, -0.1) is 0 Å². The number of hydrogen-bond donors (Lipinski definition) is 1. The molecule has 1 N–H and O–H groups in total. The number of nitrogens with one attached hydrogen (secondary N) is 1. The summed E-state index contributed by atoms with van der Waals surface area (Å²) in [6, 6.07) is 12.4. The van der Waals surface area contributed by atoms with Gasteiger partial charge in [-0.1, -0.05) is 28.1 Å². The highest BCUT2D eigenvalue weighted by Gasteiger charge is 2.37. The van der Waals surface area contributed by atoms with Gasteiger partial charge in [-0.2, -0.15) is 0 Å². The molecule has 106 valence electrons. The van der Waals surface area contributed by atoms with Crippen molar-refractivity contribution in [2.75, 3.05) is 16.8 Å². The van der Waals surface area contributed by atoms with Gasteiger partial charge in [-0.25, -0.2) is 4.90 Å². The van der Waals surface area contributed by atoms with Crippen LogP contribution in [0, 0.1) is 0 Å². The molecule has 5 heteroatoms. The van der Waals surface area contributed by atoms with Crippen molar-refractivity contribution in [1.29, 1.82) is 0 Å². The van der Waals surface area contributed by atoms with Gasteiger partial charge in [0.1, 0.15) is 0 Å². The summed E-state index contributed by atoms with van der Waals surface area (Å²) in [6.45, 7) is 2.67. The van der Waals surface area contributed by atoms with E-state index in [1.54, 1.807) is 30.3 Å². The van der Waals surface area contributed by atoms with Crippen LogP contribution in [0.15, 0.2) is 46.9 Å². The average Bonchev–Trinajstić information content (AvgIpc) is 2.74. The summed E-state index contributed by atoms with van der Waals surface area (Å²) >= 11 is 3.39. The second kappa shape index (κ2) is 5.33. The van der Waals surface area contributed by atoms with E-state index in [2.05, 4.69) is 21.2 Å². The molecule has 2 amide bonds. The monoisotopic (exact) mass is 344 g/mol. The second-order valence-corrected chi connectivity index (χ2v) is 5.60. The van der Waals surface area contributed by atoms with Gasteiger partial charge in [0, 0.05) is 11.0 Å². The molecule has 21 heavy (non-hydrogen) atoms. The predicted octanol–water partition coefficient (Wildman–Crippen LogP) is 3.68. The Kier molecular flexibility index (Phi) is 3.51. The second-order valence-electron chi connectivity index (χ2n) is 4.68. The number of carbonyl (C=O) groups excluding carboxylic acids is 2. The molecule has 0 unspecified atom stereocenters. The third kappa shape index (κ3) is 2.23. The van der Waals surface area contributed by atoms with Crippen LogP contribution in [0.4, 0.5) is 11.4 Å². The van der Waals surface area contributed by atoms with Crippen molar-refractivity contribution in [2.45, 2.75) is 6.92 Å². The van der Waals surface area contributed by atoms with Crippen molar-refractivity contribution >= 4 is 39.1 Å². The number of imide groups is 1. The van der Waals surface area contributed by atoms with E-state index >= 15 is 0 Å². The van der Waals surface area contributed by atoms with E-state index in [1.807, 2.05) is 19.1 Å². The van der Waals surface area contributed by atoms with Crippen molar-refractivity contribution in [3.05, 3.63) is 58.1 Å². The molecule has 3 rings (SSSR count). The normalized spacial score (nSPS) is 13.5. The largest absolute Gasteiger partial charge is 0.384 e. The molecule has 2 aromatic rings. The van der Waals surface area contributed by atoms with Crippen LogP contribution in [0.5, 0.6) is 0 Å². The summed E-state index contributed by atoms with van der Waals surface area (Å²) < 4.78 is 0.815. The molecule has 1 heterocycles. The Morgan fingerprint density at radius 3 is 2.24 bits per heavy atom.